The summed E-state index contributed by atoms with van der Waals surface area (Å²) in [5.41, 5.74) is 0.688. The SMILES string of the molecule is COc1ccc(CNC(=O)NCC(c2cccs2)N2CCCC2)cc1F. The van der Waals surface area contributed by atoms with E-state index in [1.54, 1.807) is 23.5 Å². The van der Waals surface area contributed by atoms with Gasteiger partial charge in [-0.05, 0) is 55.1 Å². The number of methoxy groups -OCH3 is 1. The Bertz CT molecular complexity index is 718. The van der Waals surface area contributed by atoms with Crippen LogP contribution in [0.25, 0.3) is 0 Å². The lowest BCUT2D eigenvalue weighted by Gasteiger charge is -2.27. The molecule has 2 heterocycles. The van der Waals surface area contributed by atoms with E-state index in [0.717, 1.165) is 13.1 Å². The van der Waals surface area contributed by atoms with Gasteiger partial charge in [0.1, 0.15) is 0 Å². The standard InChI is InChI=1S/C19H24FN3O2S/c1-25-17-7-6-14(11-15(17)20)12-21-19(24)22-13-16(18-5-4-10-26-18)23-8-2-3-9-23/h4-7,10-11,16H,2-3,8-9,12-13H2,1H3,(H2,21,22,24). The van der Waals surface area contributed by atoms with Crippen LogP contribution in [0.15, 0.2) is 35.7 Å². The topological polar surface area (TPSA) is 53.6 Å². The summed E-state index contributed by atoms with van der Waals surface area (Å²) in [5, 5.41) is 7.80. The highest BCUT2D eigenvalue weighted by Gasteiger charge is 2.24. The number of halogens is 1. The van der Waals surface area contributed by atoms with Gasteiger partial charge in [0.25, 0.3) is 0 Å². The Hall–Kier alpha value is -2.12. The lowest BCUT2D eigenvalue weighted by Crippen LogP contribution is -2.41. The molecular weight excluding hydrogens is 353 g/mol. The van der Waals surface area contributed by atoms with Crippen molar-refractivity contribution in [1.82, 2.24) is 15.5 Å². The molecule has 3 rings (SSSR count). The minimum atomic E-state index is -0.431. The number of carbonyl (C=O) groups excluding carboxylic acids is 1. The normalized spacial score (nSPS) is 15.6. The highest BCUT2D eigenvalue weighted by Crippen LogP contribution is 2.27. The number of carbonyl (C=O) groups is 1. The third-order valence-electron chi connectivity index (χ3n) is 4.58. The van der Waals surface area contributed by atoms with Gasteiger partial charge in [0.2, 0.25) is 0 Å². The number of thiophene rings is 1. The van der Waals surface area contributed by atoms with Crippen LogP contribution in [-0.4, -0.2) is 37.7 Å². The largest absolute Gasteiger partial charge is 0.494 e. The highest BCUT2D eigenvalue weighted by atomic mass is 32.1. The van der Waals surface area contributed by atoms with Crippen LogP contribution >= 0.6 is 11.3 Å². The van der Waals surface area contributed by atoms with Gasteiger partial charge >= 0.3 is 6.03 Å². The van der Waals surface area contributed by atoms with E-state index in [4.69, 9.17) is 4.74 Å². The number of ether oxygens (including phenoxy) is 1. The molecule has 1 aromatic carbocycles. The molecule has 1 saturated heterocycles. The molecule has 7 heteroatoms. The number of likely N-dealkylation sites (tertiary alicyclic amines) is 1. The minimum Gasteiger partial charge on any atom is -0.494 e. The maximum absolute atomic E-state index is 13.7. The summed E-state index contributed by atoms with van der Waals surface area (Å²) in [5.74, 6) is -0.235. The lowest BCUT2D eigenvalue weighted by atomic mass is 10.2. The van der Waals surface area contributed by atoms with Crippen molar-refractivity contribution in [2.45, 2.75) is 25.4 Å². The van der Waals surface area contributed by atoms with Crippen LogP contribution < -0.4 is 15.4 Å². The Morgan fingerprint density at radius 2 is 2.12 bits per heavy atom. The van der Waals surface area contributed by atoms with Crippen molar-refractivity contribution in [3.63, 3.8) is 0 Å². The fourth-order valence-electron chi connectivity index (χ4n) is 3.20. The van der Waals surface area contributed by atoms with Crippen molar-refractivity contribution in [2.24, 2.45) is 0 Å². The van der Waals surface area contributed by atoms with E-state index in [0.29, 0.717) is 12.1 Å². The quantitative estimate of drug-likeness (QED) is 0.776. The number of benzene rings is 1. The zero-order chi connectivity index (χ0) is 18.4. The van der Waals surface area contributed by atoms with Gasteiger partial charge in [0.05, 0.1) is 13.2 Å². The smallest absolute Gasteiger partial charge is 0.315 e. The summed E-state index contributed by atoms with van der Waals surface area (Å²) < 4.78 is 18.6. The summed E-state index contributed by atoms with van der Waals surface area (Å²) in [4.78, 5) is 15.8. The molecule has 140 valence electrons. The van der Waals surface area contributed by atoms with Crippen LogP contribution in [0.1, 0.15) is 29.3 Å². The van der Waals surface area contributed by atoms with Crippen molar-refractivity contribution in [1.29, 1.82) is 0 Å². The molecule has 26 heavy (non-hydrogen) atoms. The molecule has 0 saturated carbocycles. The molecule has 0 spiro atoms. The molecular formula is C19H24FN3O2S. The molecule has 2 N–H and O–H groups in total. The third-order valence-corrected chi connectivity index (χ3v) is 5.55. The number of hydrogen-bond donors (Lipinski definition) is 2. The first-order valence-corrected chi connectivity index (χ1v) is 9.67. The lowest BCUT2D eigenvalue weighted by molar-refractivity contribution is 0.222. The molecule has 1 atom stereocenters. The van der Waals surface area contributed by atoms with Crippen molar-refractivity contribution in [3.05, 3.63) is 52.0 Å². The van der Waals surface area contributed by atoms with Crippen LogP contribution in [0.5, 0.6) is 5.75 Å². The summed E-state index contributed by atoms with van der Waals surface area (Å²) in [7, 11) is 1.42. The zero-order valence-electron chi connectivity index (χ0n) is 14.8. The third kappa shape index (κ3) is 4.74. The molecule has 2 aromatic rings. The molecule has 1 fully saturated rings. The van der Waals surface area contributed by atoms with Crippen LogP contribution in [0.2, 0.25) is 0 Å². The summed E-state index contributed by atoms with van der Waals surface area (Å²) in [6, 6.07) is 8.79. The fourth-order valence-corrected chi connectivity index (χ4v) is 4.06. The molecule has 0 radical (unpaired) electrons. The Labute approximate surface area is 157 Å². The van der Waals surface area contributed by atoms with Gasteiger partial charge < -0.3 is 15.4 Å². The number of urea groups is 1. The van der Waals surface area contributed by atoms with Gasteiger partial charge in [0, 0.05) is 18.0 Å². The number of nitrogens with zero attached hydrogens (tertiary/aromatic N) is 1. The highest BCUT2D eigenvalue weighted by molar-refractivity contribution is 7.10. The van der Waals surface area contributed by atoms with Crippen molar-refractivity contribution in [3.8, 4) is 5.75 Å². The van der Waals surface area contributed by atoms with E-state index in [1.807, 2.05) is 6.07 Å². The Morgan fingerprint density at radius 3 is 2.77 bits per heavy atom. The molecule has 2 amide bonds. The molecule has 1 aliphatic heterocycles. The minimum absolute atomic E-state index is 0.197. The monoisotopic (exact) mass is 377 g/mol. The predicted octanol–water partition coefficient (Wildman–Crippen LogP) is 3.53. The second-order valence-electron chi connectivity index (χ2n) is 6.31. The Morgan fingerprint density at radius 1 is 1.31 bits per heavy atom. The zero-order valence-corrected chi connectivity index (χ0v) is 15.7. The van der Waals surface area contributed by atoms with Gasteiger partial charge in [-0.25, -0.2) is 9.18 Å². The van der Waals surface area contributed by atoms with Gasteiger partial charge in [-0.3, -0.25) is 4.90 Å². The van der Waals surface area contributed by atoms with Crippen LogP contribution in [0, 0.1) is 5.82 Å². The predicted molar refractivity (Wildman–Crippen MR) is 101 cm³/mol. The molecule has 1 aliphatic rings. The van der Waals surface area contributed by atoms with E-state index >= 15 is 0 Å². The first kappa shape index (κ1) is 18.7. The molecule has 0 aliphatic carbocycles. The maximum atomic E-state index is 13.7. The van der Waals surface area contributed by atoms with E-state index in [-0.39, 0.29) is 24.4 Å². The van der Waals surface area contributed by atoms with Gasteiger partial charge in [-0.1, -0.05) is 12.1 Å². The van der Waals surface area contributed by atoms with E-state index < -0.39 is 5.82 Å². The van der Waals surface area contributed by atoms with Crippen molar-refractivity contribution in [2.75, 3.05) is 26.7 Å². The van der Waals surface area contributed by atoms with E-state index in [1.165, 1.54) is 30.9 Å². The van der Waals surface area contributed by atoms with Crippen LogP contribution in [-0.2, 0) is 6.54 Å². The van der Waals surface area contributed by atoms with E-state index in [2.05, 4.69) is 27.0 Å². The van der Waals surface area contributed by atoms with Gasteiger partial charge in [0.15, 0.2) is 11.6 Å². The maximum Gasteiger partial charge on any atom is 0.315 e. The molecule has 5 nitrogen and oxygen atoms in total. The first-order chi connectivity index (χ1) is 12.7. The second kappa shape index (κ2) is 9.00. The number of hydrogen-bond acceptors (Lipinski definition) is 4. The fraction of sp³-hybridized carbons (Fsp3) is 0.421. The number of nitrogens with one attached hydrogen (secondary N) is 2. The summed E-state index contributed by atoms with van der Waals surface area (Å²) >= 11 is 1.72. The Balaban J connectivity index is 1.51. The van der Waals surface area contributed by atoms with Crippen molar-refractivity contribution >= 4 is 17.4 Å². The second-order valence-corrected chi connectivity index (χ2v) is 7.29. The first-order valence-electron chi connectivity index (χ1n) is 8.79. The average molecular weight is 377 g/mol. The van der Waals surface area contributed by atoms with Crippen molar-refractivity contribution < 1.29 is 13.9 Å². The summed E-state index contributed by atoms with van der Waals surface area (Å²) in [6.07, 6.45) is 2.41. The van der Waals surface area contributed by atoms with Crippen LogP contribution in [0.4, 0.5) is 9.18 Å². The molecule has 1 aromatic heterocycles. The Kier molecular flexibility index (Phi) is 6.46. The molecule has 0 bridgehead atoms. The average Bonchev–Trinajstić information content (AvgIpc) is 3.35. The van der Waals surface area contributed by atoms with Gasteiger partial charge in [-0.2, -0.15) is 0 Å². The summed E-state index contributed by atoms with van der Waals surface area (Å²) in [6.45, 7) is 2.96. The number of amides is 2. The number of rotatable bonds is 7. The van der Waals surface area contributed by atoms with Crippen LogP contribution in [0.3, 0.4) is 0 Å². The molecule has 1 unspecified atom stereocenters. The van der Waals surface area contributed by atoms with Gasteiger partial charge in [-0.15, -0.1) is 11.3 Å². The van der Waals surface area contributed by atoms with E-state index in [9.17, 15) is 9.18 Å².